The third kappa shape index (κ3) is 3.79. The van der Waals surface area contributed by atoms with E-state index in [1.54, 1.807) is 19.9 Å². The Morgan fingerprint density at radius 2 is 1.96 bits per heavy atom. The number of ketones is 1. The van der Waals surface area contributed by atoms with Crippen molar-refractivity contribution in [2.45, 2.75) is 20.4 Å². The summed E-state index contributed by atoms with van der Waals surface area (Å²) in [5, 5.41) is 19.5. The standard InChI is InChI=1S/C19H18FNO6/c1-10(2)16(24)9-26-17-4-3-11(5-15(17)23)8-21-13-6-12(20)14(22)7-18(13)27-19(21)25/h3-7,10,22-23H,8-9H2,1-2H3. The molecule has 0 spiro atoms. The minimum absolute atomic E-state index is 0.00874. The predicted molar refractivity (Wildman–Crippen MR) is 94.6 cm³/mol. The molecule has 0 radical (unpaired) electrons. The van der Waals surface area contributed by atoms with E-state index in [0.29, 0.717) is 5.56 Å². The number of halogens is 1. The van der Waals surface area contributed by atoms with Crippen LogP contribution in [0.25, 0.3) is 11.1 Å². The van der Waals surface area contributed by atoms with Crippen molar-refractivity contribution >= 4 is 16.9 Å². The van der Waals surface area contributed by atoms with E-state index in [0.717, 1.165) is 12.1 Å². The van der Waals surface area contributed by atoms with Crippen LogP contribution in [0.1, 0.15) is 19.4 Å². The Labute approximate surface area is 153 Å². The SMILES string of the molecule is CC(C)C(=O)COc1ccc(Cn2c(=O)oc3cc(O)c(F)cc32)cc1O. The fourth-order valence-electron chi connectivity index (χ4n) is 2.50. The van der Waals surface area contributed by atoms with Gasteiger partial charge in [-0.05, 0) is 17.7 Å². The number of aromatic nitrogens is 1. The van der Waals surface area contributed by atoms with Gasteiger partial charge in [0.25, 0.3) is 0 Å². The van der Waals surface area contributed by atoms with Gasteiger partial charge in [0.1, 0.15) is 6.61 Å². The minimum atomic E-state index is -0.876. The summed E-state index contributed by atoms with van der Waals surface area (Å²) in [7, 11) is 0. The van der Waals surface area contributed by atoms with Crippen molar-refractivity contribution in [1.82, 2.24) is 4.57 Å². The van der Waals surface area contributed by atoms with Gasteiger partial charge in [-0.3, -0.25) is 9.36 Å². The van der Waals surface area contributed by atoms with E-state index < -0.39 is 17.3 Å². The molecule has 7 nitrogen and oxygen atoms in total. The van der Waals surface area contributed by atoms with Gasteiger partial charge in [-0.1, -0.05) is 19.9 Å². The lowest BCUT2D eigenvalue weighted by Crippen LogP contribution is -2.17. The molecule has 3 rings (SSSR count). The molecule has 27 heavy (non-hydrogen) atoms. The number of phenols is 2. The molecule has 2 aromatic carbocycles. The molecule has 1 heterocycles. The zero-order valence-electron chi connectivity index (χ0n) is 14.7. The Morgan fingerprint density at radius 3 is 2.63 bits per heavy atom. The number of benzene rings is 2. The Bertz CT molecular complexity index is 1070. The van der Waals surface area contributed by atoms with Crippen LogP contribution in [0.2, 0.25) is 0 Å². The summed E-state index contributed by atoms with van der Waals surface area (Å²) >= 11 is 0. The summed E-state index contributed by atoms with van der Waals surface area (Å²) in [5.41, 5.74) is 0.765. The minimum Gasteiger partial charge on any atom is -0.505 e. The van der Waals surface area contributed by atoms with Crippen LogP contribution in [0, 0.1) is 11.7 Å². The molecule has 0 amide bonds. The van der Waals surface area contributed by atoms with Crippen molar-refractivity contribution in [2.24, 2.45) is 5.92 Å². The van der Waals surface area contributed by atoms with E-state index >= 15 is 0 Å². The molecule has 3 aromatic rings. The summed E-state index contributed by atoms with van der Waals surface area (Å²) in [6.45, 7) is 3.36. The second-order valence-electron chi connectivity index (χ2n) is 6.44. The zero-order chi connectivity index (χ0) is 19.7. The summed E-state index contributed by atoms with van der Waals surface area (Å²) in [4.78, 5) is 23.6. The molecular formula is C19H18FNO6. The number of hydrogen-bond acceptors (Lipinski definition) is 6. The number of phenolic OH excluding ortho intramolecular Hbond substituents is 2. The van der Waals surface area contributed by atoms with E-state index in [1.807, 2.05) is 0 Å². The van der Waals surface area contributed by atoms with Crippen molar-refractivity contribution in [3.05, 3.63) is 52.3 Å². The van der Waals surface area contributed by atoms with E-state index in [4.69, 9.17) is 9.15 Å². The molecule has 0 unspecified atom stereocenters. The molecule has 0 bridgehead atoms. The van der Waals surface area contributed by atoms with Crippen LogP contribution in [0.4, 0.5) is 4.39 Å². The van der Waals surface area contributed by atoms with Gasteiger partial charge in [0.2, 0.25) is 0 Å². The Hall–Kier alpha value is -3.29. The highest BCUT2D eigenvalue weighted by Gasteiger charge is 2.15. The second-order valence-corrected chi connectivity index (χ2v) is 6.44. The fourth-order valence-corrected chi connectivity index (χ4v) is 2.50. The molecule has 8 heteroatoms. The van der Waals surface area contributed by atoms with Crippen molar-refractivity contribution in [1.29, 1.82) is 0 Å². The lowest BCUT2D eigenvalue weighted by atomic mass is 10.1. The van der Waals surface area contributed by atoms with E-state index in [-0.39, 0.29) is 47.5 Å². The maximum atomic E-state index is 13.6. The van der Waals surface area contributed by atoms with Crippen molar-refractivity contribution in [3.8, 4) is 17.2 Å². The van der Waals surface area contributed by atoms with Crippen molar-refractivity contribution in [2.75, 3.05) is 6.61 Å². The Morgan fingerprint density at radius 1 is 1.22 bits per heavy atom. The number of nitrogens with zero attached hydrogens (tertiary/aromatic N) is 1. The van der Waals surface area contributed by atoms with Gasteiger partial charge in [-0.25, -0.2) is 9.18 Å². The number of Topliss-reactive ketones (excluding diaryl/α,β-unsaturated/α-hetero) is 1. The van der Waals surface area contributed by atoms with Gasteiger partial charge >= 0.3 is 5.76 Å². The quantitative estimate of drug-likeness (QED) is 0.687. The first-order valence-electron chi connectivity index (χ1n) is 8.25. The maximum absolute atomic E-state index is 13.6. The average molecular weight is 375 g/mol. The molecule has 0 aliphatic rings. The van der Waals surface area contributed by atoms with Gasteiger partial charge < -0.3 is 19.4 Å². The van der Waals surface area contributed by atoms with Crippen LogP contribution in [-0.2, 0) is 11.3 Å². The predicted octanol–water partition coefficient (Wildman–Crippen LogP) is 2.80. The third-order valence-electron chi connectivity index (χ3n) is 4.11. The average Bonchev–Trinajstić information content (AvgIpc) is 2.89. The largest absolute Gasteiger partial charge is 0.505 e. The summed E-state index contributed by atoms with van der Waals surface area (Å²) < 4.78 is 25.1. The van der Waals surface area contributed by atoms with Crippen molar-refractivity contribution in [3.63, 3.8) is 0 Å². The van der Waals surface area contributed by atoms with Crippen LogP contribution in [0.3, 0.4) is 0 Å². The van der Waals surface area contributed by atoms with Gasteiger partial charge in [-0.2, -0.15) is 0 Å². The van der Waals surface area contributed by atoms with Crippen LogP contribution < -0.4 is 10.5 Å². The van der Waals surface area contributed by atoms with E-state index in [1.165, 1.54) is 16.7 Å². The molecule has 0 atom stereocenters. The molecule has 0 saturated carbocycles. The van der Waals surface area contributed by atoms with Crippen molar-refractivity contribution < 1.29 is 28.6 Å². The maximum Gasteiger partial charge on any atom is 0.420 e. The summed E-state index contributed by atoms with van der Waals surface area (Å²) in [6.07, 6.45) is 0. The number of aromatic hydroxyl groups is 2. The highest BCUT2D eigenvalue weighted by molar-refractivity contribution is 5.81. The third-order valence-corrected chi connectivity index (χ3v) is 4.11. The van der Waals surface area contributed by atoms with Gasteiger partial charge in [0.05, 0.1) is 12.1 Å². The topological polar surface area (TPSA) is 102 Å². The second kappa shape index (κ2) is 7.14. The molecule has 0 fully saturated rings. The molecule has 0 aliphatic heterocycles. The molecule has 0 saturated heterocycles. The number of hydrogen-bond donors (Lipinski definition) is 2. The number of carbonyl (C=O) groups excluding carboxylic acids is 1. The number of rotatable bonds is 6. The summed E-state index contributed by atoms with van der Waals surface area (Å²) in [6, 6.07) is 6.51. The lowest BCUT2D eigenvalue weighted by Gasteiger charge is -2.10. The lowest BCUT2D eigenvalue weighted by molar-refractivity contribution is -0.123. The van der Waals surface area contributed by atoms with Gasteiger partial charge in [0.15, 0.2) is 34.4 Å². The van der Waals surface area contributed by atoms with Crippen LogP contribution >= 0.6 is 0 Å². The first-order valence-corrected chi connectivity index (χ1v) is 8.25. The number of carbonyl (C=O) groups is 1. The molecule has 1 aromatic heterocycles. The van der Waals surface area contributed by atoms with Crippen LogP contribution in [0.15, 0.2) is 39.5 Å². The first-order chi connectivity index (χ1) is 12.8. The van der Waals surface area contributed by atoms with E-state index in [9.17, 15) is 24.2 Å². The van der Waals surface area contributed by atoms with Gasteiger partial charge in [0, 0.05) is 18.1 Å². The highest BCUT2D eigenvalue weighted by Crippen LogP contribution is 2.28. The van der Waals surface area contributed by atoms with Crippen LogP contribution in [0.5, 0.6) is 17.2 Å². The molecule has 0 aliphatic carbocycles. The summed E-state index contributed by atoms with van der Waals surface area (Å²) in [5.74, 6) is -2.52. The first kappa shape index (κ1) is 18.5. The number of oxazole rings is 1. The van der Waals surface area contributed by atoms with Gasteiger partial charge in [-0.15, -0.1) is 0 Å². The molecular weight excluding hydrogens is 357 g/mol. The fraction of sp³-hybridized carbons (Fsp3) is 0.263. The van der Waals surface area contributed by atoms with E-state index in [2.05, 4.69) is 0 Å². The highest BCUT2D eigenvalue weighted by atomic mass is 19.1. The molecule has 2 N–H and O–H groups in total. The van der Waals surface area contributed by atoms with Crippen LogP contribution in [-0.4, -0.2) is 27.2 Å². The number of ether oxygens (including phenoxy) is 1. The smallest absolute Gasteiger partial charge is 0.420 e. The normalized spacial score (nSPS) is 11.3. The molecule has 142 valence electrons. The number of fused-ring (bicyclic) bond motifs is 1. The Balaban J connectivity index is 1.84. The monoisotopic (exact) mass is 375 g/mol. The Kier molecular flexibility index (Phi) is 4.89. The zero-order valence-corrected chi connectivity index (χ0v) is 14.7.